The molecule has 0 unspecified atom stereocenters. The van der Waals surface area contributed by atoms with Crippen molar-refractivity contribution in [3.8, 4) is 0 Å². The maximum absolute atomic E-state index is 13.2. The molecule has 0 aromatic heterocycles. The number of nitrogens with zero attached hydrogens (tertiary/aromatic N) is 2. The van der Waals surface area contributed by atoms with Crippen LogP contribution in [0.2, 0.25) is 0 Å². The molecule has 3 aromatic carbocycles. The van der Waals surface area contributed by atoms with Gasteiger partial charge in [-0.2, -0.15) is 0 Å². The van der Waals surface area contributed by atoms with Crippen LogP contribution in [-0.2, 0) is 33.6 Å². The Kier molecular flexibility index (Phi) is 11.4. The fourth-order valence-corrected chi connectivity index (χ4v) is 4.01. The first kappa shape index (κ1) is 27.6. The minimum absolute atomic E-state index is 0.109. The lowest BCUT2D eigenvalue weighted by molar-refractivity contribution is -0.146. The Hall–Kier alpha value is -3.97. The van der Waals surface area contributed by atoms with Crippen LogP contribution >= 0.6 is 0 Å². The molecule has 2 N–H and O–H groups in total. The van der Waals surface area contributed by atoms with Crippen LogP contribution in [0.1, 0.15) is 16.7 Å². The largest absolute Gasteiger partial charge is 0.480 e. The maximum Gasteiger partial charge on any atom is 0.323 e. The fraction of sp³-hybridized carbons (Fsp3) is 0.300. The lowest BCUT2D eigenvalue weighted by Crippen LogP contribution is -2.48. The number of carboxylic acid groups (broad SMARTS) is 1. The van der Waals surface area contributed by atoms with Crippen LogP contribution in [0.3, 0.4) is 0 Å². The van der Waals surface area contributed by atoms with Crippen molar-refractivity contribution in [2.75, 3.05) is 39.3 Å². The van der Waals surface area contributed by atoms with Crippen molar-refractivity contribution in [2.24, 2.45) is 0 Å². The zero-order valence-corrected chi connectivity index (χ0v) is 21.1. The Labute approximate surface area is 218 Å². The normalized spacial score (nSPS) is 10.6. The molecule has 3 aromatic rings. The van der Waals surface area contributed by atoms with Gasteiger partial charge in [0.15, 0.2) is 0 Å². The Bertz CT molecular complexity index is 1110. The van der Waals surface area contributed by atoms with Gasteiger partial charge in [0.2, 0.25) is 11.8 Å². The topological polar surface area (TPSA) is 90.0 Å². The Balaban J connectivity index is 1.61. The van der Waals surface area contributed by atoms with Gasteiger partial charge < -0.3 is 20.2 Å². The summed E-state index contributed by atoms with van der Waals surface area (Å²) < 4.78 is 0. The van der Waals surface area contributed by atoms with E-state index in [1.807, 2.05) is 91.0 Å². The molecule has 7 nitrogen and oxygen atoms in total. The van der Waals surface area contributed by atoms with Gasteiger partial charge in [0.25, 0.3) is 0 Å². The molecule has 0 aliphatic rings. The highest BCUT2D eigenvalue weighted by molar-refractivity contribution is 5.87. The standard InChI is InChI=1S/C30H35N3O4/c34-28(22-31-19-16-25-10-4-1-5-11-25)32(20-17-26-12-6-2-7-13-26)23-29(35)33(24-30(36)37)21-18-27-14-8-3-9-15-27/h1-15,31H,16-24H2,(H,36,37). The van der Waals surface area contributed by atoms with Gasteiger partial charge in [0.1, 0.15) is 6.54 Å². The van der Waals surface area contributed by atoms with Crippen LogP contribution in [-0.4, -0.2) is 72.0 Å². The number of rotatable bonds is 15. The summed E-state index contributed by atoms with van der Waals surface area (Å²) in [5.41, 5.74) is 3.27. The molecule has 194 valence electrons. The third-order valence-corrected chi connectivity index (χ3v) is 6.09. The predicted molar refractivity (Wildman–Crippen MR) is 144 cm³/mol. The van der Waals surface area contributed by atoms with E-state index < -0.39 is 12.5 Å². The van der Waals surface area contributed by atoms with Gasteiger partial charge in [0, 0.05) is 13.1 Å². The Morgan fingerprint density at radius 2 is 1.03 bits per heavy atom. The van der Waals surface area contributed by atoms with Gasteiger partial charge >= 0.3 is 5.97 Å². The molecule has 0 aliphatic heterocycles. The molecule has 0 heterocycles. The summed E-state index contributed by atoms with van der Waals surface area (Å²) in [5.74, 6) is -1.63. The Morgan fingerprint density at radius 1 is 0.595 bits per heavy atom. The SMILES string of the molecule is O=C(O)CN(CCc1ccccc1)C(=O)CN(CCc1ccccc1)C(=O)CNCCc1ccccc1. The molecule has 0 fully saturated rings. The summed E-state index contributed by atoms with van der Waals surface area (Å²) in [6.45, 7) is 0.825. The van der Waals surface area contributed by atoms with Gasteiger partial charge in [-0.05, 0) is 42.5 Å². The first-order valence-electron chi connectivity index (χ1n) is 12.6. The highest BCUT2D eigenvalue weighted by atomic mass is 16.4. The van der Waals surface area contributed by atoms with Crippen LogP contribution in [0.5, 0.6) is 0 Å². The van der Waals surface area contributed by atoms with Gasteiger partial charge in [0.05, 0.1) is 13.1 Å². The van der Waals surface area contributed by atoms with Gasteiger partial charge in [-0.3, -0.25) is 14.4 Å². The summed E-state index contributed by atoms with van der Waals surface area (Å²) in [4.78, 5) is 40.6. The van der Waals surface area contributed by atoms with Crippen molar-refractivity contribution in [3.63, 3.8) is 0 Å². The number of carbonyl (C=O) groups excluding carboxylic acids is 2. The second kappa shape index (κ2) is 15.2. The Morgan fingerprint density at radius 3 is 1.49 bits per heavy atom. The minimum Gasteiger partial charge on any atom is -0.480 e. The van der Waals surface area contributed by atoms with E-state index >= 15 is 0 Å². The summed E-state index contributed by atoms with van der Waals surface area (Å²) in [5, 5.41) is 12.6. The lowest BCUT2D eigenvalue weighted by atomic mass is 10.1. The highest BCUT2D eigenvalue weighted by Crippen LogP contribution is 2.06. The third kappa shape index (κ3) is 10.3. The molecule has 0 bridgehead atoms. The van der Waals surface area contributed by atoms with E-state index in [0.717, 1.165) is 17.5 Å². The van der Waals surface area contributed by atoms with Crippen molar-refractivity contribution in [1.82, 2.24) is 15.1 Å². The van der Waals surface area contributed by atoms with Gasteiger partial charge in [-0.25, -0.2) is 0 Å². The average molecular weight is 502 g/mol. The summed E-state index contributed by atoms with van der Waals surface area (Å²) >= 11 is 0. The quantitative estimate of drug-likeness (QED) is 0.313. The predicted octanol–water partition coefficient (Wildman–Crippen LogP) is 3.05. The fourth-order valence-electron chi connectivity index (χ4n) is 4.01. The van der Waals surface area contributed by atoms with Crippen molar-refractivity contribution < 1.29 is 19.5 Å². The number of hydrogen-bond acceptors (Lipinski definition) is 4. The summed E-state index contributed by atoms with van der Waals surface area (Å²) in [6.07, 6.45) is 1.94. The number of aliphatic carboxylic acids is 1. The van der Waals surface area contributed by atoms with E-state index in [9.17, 15) is 19.5 Å². The molecule has 3 rings (SSSR count). The average Bonchev–Trinajstić information content (AvgIpc) is 2.92. The van der Waals surface area contributed by atoms with Crippen LogP contribution in [0.15, 0.2) is 91.0 Å². The molecular formula is C30H35N3O4. The van der Waals surface area contributed by atoms with E-state index in [-0.39, 0.29) is 31.4 Å². The number of carbonyl (C=O) groups is 3. The molecule has 0 atom stereocenters. The molecule has 0 radical (unpaired) electrons. The summed E-state index contributed by atoms with van der Waals surface area (Å²) in [7, 11) is 0. The molecule has 0 spiro atoms. The molecule has 2 amide bonds. The molecule has 0 saturated carbocycles. The smallest absolute Gasteiger partial charge is 0.323 e. The molecular weight excluding hydrogens is 466 g/mol. The highest BCUT2D eigenvalue weighted by Gasteiger charge is 2.22. The van der Waals surface area contributed by atoms with E-state index in [1.54, 1.807) is 0 Å². The first-order chi connectivity index (χ1) is 18.0. The number of amides is 2. The van der Waals surface area contributed by atoms with Crippen LogP contribution in [0.4, 0.5) is 0 Å². The monoisotopic (exact) mass is 501 g/mol. The van der Waals surface area contributed by atoms with E-state index in [4.69, 9.17) is 0 Å². The zero-order chi connectivity index (χ0) is 26.3. The van der Waals surface area contributed by atoms with E-state index in [2.05, 4.69) is 5.32 Å². The van der Waals surface area contributed by atoms with Crippen LogP contribution < -0.4 is 5.32 Å². The first-order valence-corrected chi connectivity index (χ1v) is 12.6. The molecule has 7 heteroatoms. The van der Waals surface area contributed by atoms with Gasteiger partial charge in [-0.1, -0.05) is 91.0 Å². The van der Waals surface area contributed by atoms with Crippen molar-refractivity contribution in [3.05, 3.63) is 108 Å². The molecule has 37 heavy (non-hydrogen) atoms. The maximum atomic E-state index is 13.2. The van der Waals surface area contributed by atoms with Crippen LogP contribution in [0.25, 0.3) is 0 Å². The third-order valence-electron chi connectivity index (χ3n) is 6.09. The molecule has 0 saturated heterocycles. The van der Waals surface area contributed by atoms with Gasteiger partial charge in [-0.15, -0.1) is 0 Å². The van der Waals surface area contributed by atoms with Crippen molar-refractivity contribution >= 4 is 17.8 Å². The van der Waals surface area contributed by atoms with Crippen molar-refractivity contribution in [1.29, 1.82) is 0 Å². The number of carboxylic acids is 1. The second-order valence-electron chi connectivity index (χ2n) is 8.91. The van der Waals surface area contributed by atoms with E-state index in [0.29, 0.717) is 25.9 Å². The number of hydrogen-bond donors (Lipinski definition) is 2. The zero-order valence-electron chi connectivity index (χ0n) is 21.1. The lowest BCUT2D eigenvalue weighted by Gasteiger charge is -2.27. The summed E-state index contributed by atoms with van der Waals surface area (Å²) in [6, 6.07) is 29.4. The number of nitrogens with one attached hydrogen (secondary N) is 1. The van der Waals surface area contributed by atoms with Crippen molar-refractivity contribution in [2.45, 2.75) is 19.3 Å². The molecule has 0 aliphatic carbocycles. The van der Waals surface area contributed by atoms with Crippen LogP contribution in [0, 0.1) is 0 Å². The second-order valence-corrected chi connectivity index (χ2v) is 8.91. The minimum atomic E-state index is -1.08. The van der Waals surface area contributed by atoms with E-state index in [1.165, 1.54) is 15.4 Å². The number of benzene rings is 3.